The third-order valence-electron chi connectivity index (χ3n) is 4.47. The average molecular weight is 369 g/mol. The van der Waals surface area contributed by atoms with Gasteiger partial charge in [-0.3, -0.25) is 4.79 Å². The lowest BCUT2D eigenvalue weighted by Crippen LogP contribution is -2.26. The molecule has 136 valence electrons. The molecule has 0 aliphatic carbocycles. The standard InChI is InChI=1S/C20H23N3O2S/c1-6-16-21-13(3)17-12(2)18(26-19(17)22-16)20(24)23(4)11-14-9-7-8-10-15(14)25-5/h7-10H,6,11H2,1-5H3. The molecule has 1 amide bonds. The second kappa shape index (κ2) is 7.41. The lowest BCUT2D eigenvalue weighted by molar-refractivity contribution is 0.0788. The summed E-state index contributed by atoms with van der Waals surface area (Å²) < 4.78 is 5.39. The minimum Gasteiger partial charge on any atom is -0.496 e. The Balaban J connectivity index is 1.94. The zero-order valence-corrected chi connectivity index (χ0v) is 16.6. The predicted octanol–water partition coefficient (Wildman–Crippen LogP) is 4.15. The van der Waals surface area contributed by atoms with E-state index in [-0.39, 0.29) is 5.91 Å². The van der Waals surface area contributed by atoms with Crippen LogP contribution in [0, 0.1) is 13.8 Å². The third kappa shape index (κ3) is 3.29. The van der Waals surface area contributed by atoms with Gasteiger partial charge < -0.3 is 9.64 Å². The second-order valence-electron chi connectivity index (χ2n) is 6.29. The molecule has 0 spiro atoms. The van der Waals surface area contributed by atoms with E-state index in [9.17, 15) is 4.79 Å². The predicted molar refractivity (Wildman–Crippen MR) is 105 cm³/mol. The van der Waals surface area contributed by atoms with Crippen molar-refractivity contribution < 1.29 is 9.53 Å². The fourth-order valence-corrected chi connectivity index (χ4v) is 4.34. The van der Waals surface area contributed by atoms with Crippen LogP contribution in [0.1, 0.15) is 39.2 Å². The number of hydrogen-bond donors (Lipinski definition) is 0. The van der Waals surface area contributed by atoms with Crippen molar-refractivity contribution in [3.63, 3.8) is 0 Å². The van der Waals surface area contributed by atoms with Crippen LogP contribution < -0.4 is 4.74 Å². The van der Waals surface area contributed by atoms with Gasteiger partial charge in [0.1, 0.15) is 16.4 Å². The third-order valence-corrected chi connectivity index (χ3v) is 5.65. The summed E-state index contributed by atoms with van der Waals surface area (Å²) in [6.07, 6.45) is 0.782. The summed E-state index contributed by atoms with van der Waals surface area (Å²) in [6, 6.07) is 7.76. The summed E-state index contributed by atoms with van der Waals surface area (Å²) in [6.45, 7) is 6.48. The van der Waals surface area contributed by atoms with E-state index < -0.39 is 0 Å². The molecule has 0 bridgehead atoms. The van der Waals surface area contributed by atoms with Crippen LogP contribution in [0.4, 0.5) is 0 Å². The lowest BCUT2D eigenvalue weighted by Gasteiger charge is -2.18. The van der Waals surface area contributed by atoms with Gasteiger partial charge in [-0.05, 0) is 25.5 Å². The van der Waals surface area contributed by atoms with Crippen molar-refractivity contribution in [3.05, 3.63) is 51.8 Å². The van der Waals surface area contributed by atoms with Crippen LogP contribution >= 0.6 is 11.3 Å². The Morgan fingerprint density at radius 1 is 1.23 bits per heavy atom. The highest BCUT2D eigenvalue weighted by Crippen LogP contribution is 2.32. The molecule has 3 aromatic rings. The molecule has 0 aliphatic rings. The maximum Gasteiger partial charge on any atom is 0.264 e. The molecule has 0 saturated carbocycles. The zero-order valence-electron chi connectivity index (χ0n) is 15.8. The van der Waals surface area contributed by atoms with Gasteiger partial charge in [0.15, 0.2) is 0 Å². The van der Waals surface area contributed by atoms with Crippen LogP contribution in [-0.4, -0.2) is 34.9 Å². The number of methoxy groups -OCH3 is 1. The van der Waals surface area contributed by atoms with Crippen molar-refractivity contribution in [2.45, 2.75) is 33.7 Å². The Labute approximate surface area is 157 Å². The van der Waals surface area contributed by atoms with Crippen LogP contribution in [0.5, 0.6) is 5.75 Å². The topological polar surface area (TPSA) is 55.3 Å². The van der Waals surface area contributed by atoms with Gasteiger partial charge in [0.25, 0.3) is 5.91 Å². The largest absolute Gasteiger partial charge is 0.496 e. The van der Waals surface area contributed by atoms with E-state index in [0.29, 0.717) is 6.54 Å². The molecule has 1 aromatic carbocycles. The van der Waals surface area contributed by atoms with Gasteiger partial charge in [-0.1, -0.05) is 25.1 Å². The molecule has 2 aromatic heterocycles. The molecule has 0 radical (unpaired) electrons. The molecule has 0 unspecified atom stereocenters. The van der Waals surface area contributed by atoms with E-state index in [1.165, 1.54) is 11.3 Å². The molecular formula is C20H23N3O2S. The molecule has 0 atom stereocenters. The number of carbonyl (C=O) groups excluding carboxylic acids is 1. The first-order valence-corrected chi connectivity index (χ1v) is 9.41. The number of aromatic nitrogens is 2. The minimum atomic E-state index is -0.00569. The first kappa shape index (κ1) is 18.3. The summed E-state index contributed by atoms with van der Waals surface area (Å²) in [5, 5.41) is 1.00. The number of benzene rings is 1. The maximum atomic E-state index is 13.1. The van der Waals surface area contributed by atoms with E-state index in [1.54, 1.807) is 12.0 Å². The number of amides is 1. The van der Waals surface area contributed by atoms with Gasteiger partial charge in [-0.15, -0.1) is 11.3 Å². The maximum absolute atomic E-state index is 13.1. The van der Waals surface area contributed by atoms with Crippen LogP contribution in [0.15, 0.2) is 24.3 Å². The summed E-state index contributed by atoms with van der Waals surface area (Å²) in [7, 11) is 3.46. The quantitative estimate of drug-likeness (QED) is 0.678. The number of hydrogen-bond acceptors (Lipinski definition) is 5. The highest BCUT2D eigenvalue weighted by molar-refractivity contribution is 7.20. The Hall–Kier alpha value is -2.47. The number of rotatable bonds is 5. The summed E-state index contributed by atoms with van der Waals surface area (Å²) >= 11 is 1.45. The van der Waals surface area contributed by atoms with Crippen LogP contribution in [0.3, 0.4) is 0 Å². The number of aryl methyl sites for hydroxylation is 3. The Kier molecular flexibility index (Phi) is 5.23. The van der Waals surface area contributed by atoms with Crippen molar-refractivity contribution in [1.29, 1.82) is 0 Å². The smallest absolute Gasteiger partial charge is 0.264 e. The highest BCUT2D eigenvalue weighted by Gasteiger charge is 2.22. The first-order chi connectivity index (χ1) is 12.5. The molecule has 5 nitrogen and oxygen atoms in total. The molecular weight excluding hydrogens is 346 g/mol. The Bertz CT molecular complexity index is 965. The minimum absolute atomic E-state index is 0.00569. The molecule has 0 N–H and O–H groups in total. The number of carbonyl (C=O) groups is 1. The fraction of sp³-hybridized carbons (Fsp3) is 0.350. The average Bonchev–Trinajstić information content (AvgIpc) is 2.98. The summed E-state index contributed by atoms with van der Waals surface area (Å²) in [5.41, 5.74) is 2.88. The normalized spacial score (nSPS) is 11.0. The van der Waals surface area contributed by atoms with Gasteiger partial charge in [0.05, 0.1) is 12.0 Å². The molecule has 6 heteroatoms. The van der Waals surface area contributed by atoms with Gasteiger partial charge in [0, 0.05) is 36.7 Å². The van der Waals surface area contributed by atoms with Crippen molar-refractivity contribution in [3.8, 4) is 5.75 Å². The number of nitrogens with zero attached hydrogens (tertiary/aromatic N) is 3. The van der Waals surface area contributed by atoms with E-state index in [1.807, 2.05) is 52.1 Å². The summed E-state index contributed by atoms with van der Waals surface area (Å²) in [5.74, 6) is 1.60. The van der Waals surface area contributed by atoms with Gasteiger partial charge in [-0.25, -0.2) is 9.97 Å². The van der Waals surface area contributed by atoms with Crippen molar-refractivity contribution in [2.75, 3.05) is 14.2 Å². The van der Waals surface area contributed by atoms with Crippen LogP contribution in [-0.2, 0) is 13.0 Å². The Morgan fingerprint density at radius 3 is 2.65 bits per heavy atom. The second-order valence-corrected chi connectivity index (χ2v) is 7.29. The van der Waals surface area contributed by atoms with Crippen LogP contribution in [0.25, 0.3) is 10.2 Å². The molecule has 0 aliphatic heterocycles. The van der Waals surface area contributed by atoms with E-state index in [0.717, 1.165) is 49.9 Å². The number of thiophene rings is 1. The number of fused-ring (bicyclic) bond motifs is 1. The van der Waals surface area contributed by atoms with Gasteiger partial charge in [0.2, 0.25) is 0 Å². The molecule has 26 heavy (non-hydrogen) atoms. The summed E-state index contributed by atoms with van der Waals surface area (Å²) in [4.78, 5) is 25.5. The van der Waals surface area contributed by atoms with E-state index >= 15 is 0 Å². The number of para-hydroxylation sites is 1. The Morgan fingerprint density at radius 2 is 1.96 bits per heavy atom. The molecule has 2 heterocycles. The van der Waals surface area contributed by atoms with Crippen molar-refractivity contribution in [2.24, 2.45) is 0 Å². The van der Waals surface area contributed by atoms with Crippen molar-refractivity contribution >= 4 is 27.5 Å². The highest BCUT2D eigenvalue weighted by atomic mass is 32.1. The first-order valence-electron chi connectivity index (χ1n) is 8.60. The lowest BCUT2D eigenvalue weighted by atomic mass is 10.1. The zero-order chi connectivity index (χ0) is 18.8. The monoisotopic (exact) mass is 369 g/mol. The fourth-order valence-electron chi connectivity index (χ4n) is 3.09. The van der Waals surface area contributed by atoms with Gasteiger partial charge in [-0.2, -0.15) is 0 Å². The van der Waals surface area contributed by atoms with E-state index in [4.69, 9.17) is 4.74 Å². The van der Waals surface area contributed by atoms with Crippen LogP contribution in [0.2, 0.25) is 0 Å². The van der Waals surface area contributed by atoms with E-state index in [2.05, 4.69) is 9.97 Å². The molecule has 3 rings (SSSR count). The molecule has 0 saturated heterocycles. The van der Waals surface area contributed by atoms with Crippen molar-refractivity contribution in [1.82, 2.24) is 14.9 Å². The molecule has 0 fully saturated rings. The SMILES string of the molecule is CCc1nc(C)c2c(C)c(C(=O)N(C)Cc3ccccc3OC)sc2n1. The number of ether oxygens (including phenoxy) is 1. The van der Waals surface area contributed by atoms with Gasteiger partial charge >= 0.3 is 0 Å².